The average Bonchev–Trinajstić information content (AvgIpc) is 2.55. The largest absolute Gasteiger partial charge is 0.496 e. The van der Waals surface area contributed by atoms with Crippen molar-refractivity contribution in [3.63, 3.8) is 0 Å². The van der Waals surface area contributed by atoms with Crippen molar-refractivity contribution in [1.82, 2.24) is 4.90 Å². The first-order valence-corrected chi connectivity index (χ1v) is 7.87. The lowest BCUT2D eigenvalue weighted by molar-refractivity contribution is -0.143. The van der Waals surface area contributed by atoms with E-state index in [1.54, 1.807) is 31.3 Å². The highest BCUT2D eigenvalue weighted by Crippen LogP contribution is 2.32. The van der Waals surface area contributed by atoms with Crippen LogP contribution in [0.1, 0.15) is 18.9 Å². The highest BCUT2D eigenvalue weighted by Gasteiger charge is 2.32. The van der Waals surface area contributed by atoms with Crippen LogP contribution in [0.25, 0.3) is 0 Å². The van der Waals surface area contributed by atoms with Crippen LogP contribution in [0.5, 0.6) is 11.5 Å². The Balaban J connectivity index is 2.15. The van der Waals surface area contributed by atoms with Gasteiger partial charge in [0, 0.05) is 36.5 Å². The second-order valence-corrected chi connectivity index (χ2v) is 6.22. The van der Waals surface area contributed by atoms with E-state index >= 15 is 0 Å². The second-order valence-electron chi connectivity index (χ2n) is 6.22. The van der Waals surface area contributed by atoms with E-state index in [2.05, 4.69) is 5.32 Å². The van der Waals surface area contributed by atoms with E-state index in [0.717, 1.165) is 5.56 Å². The predicted octanol–water partition coefficient (Wildman–Crippen LogP) is 2.59. The third-order valence-corrected chi connectivity index (χ3v) is 4.30. The Kier molecular flexibility index (Phi) is 5.54. The van der Waals surface area contributed by atoms with Crippen LogP contribution in [0, 0.1) is 18.8 Å². The van der Waals surface area contributed by atoms with Crippen LogP contribution >= 0.6 is 0 Å². The molecule has 0 aliphatic carbocycles. The molecule has 0 bridgehead atoms. The molecule has 1 aromatic rings. The van der Waals surface area contributed by atoms with Crippen LogP contribution in [-0.4, -0.2) is 49.3 Å². The van der Waals surface area contributed by atoms with Gasteiger partial charge in [0.2, 0.25) is 0 Å². The minimum Gasteiger partial charge on any atom is -0.496 e. The van der Waals surface area contributed by atoms with Gasteiger partial charge >= 0.3 is 12.0 Å². The van der Waals surface area contributed by atoms with Crippen LogP contribution in [-0.2, 0) is 4.79 Å². The Morgan fingerprint density at radius 1 is 1.21 bits per heavy atom. The number of ether oxygens (including phenoxy) is 2. The number of hydrogen-bond acceptors (Lipinski definition) is 4. The van der Waals surface area contributed by atoms with E-state index in [-0.39, 0.29) is 18.5 Å². The first kappa shape index (κ1) is 17.9. The molecule has 132 valence electrons. The third-order valence-electron chi connectivity index (χ3n) is 4.30. The summed E-state index contributed by atoms with van der Waals surface area (Å²) in [7, 11) is 3.11. The van der Waals surface area contributed by atoms with Crippen LogP contribution < -0.4 is 14.8 Å². The zero-order valence-corrected chi connectivity index (χ0v) is 14.5. The zero-order valence-electron chi connectivity index (χ0n) is 14.5. The summed E-state index contributed by atoms with van der Waals surface area (Å²) >= 11 is 0. The average molecular weight is 336 g/mol. The zero-order chi connectivity index (χ0) is 17.9. The van der Waals surface area contributed by atoms with Gasteiger partial charge < -0.3 is 24.8 Å². The summed E-state index contributed by atoms with van der Waals surface area (Å²) in [6.07, 6.45) is 0.589. The number of nitrogens with one attached hydrogen (secondary N) is 1. The molecule has 2 amide bonds. The number of methoxy groups -OCH3 is 2. The van der Waals surface area contributed by atoms with Crippen LogP contribution in [0.2, 0.25) is 0 Å². The van der Waals surface area contributed by atoms with Crippen molar-refractivity contribution in [2.24, 2.45) is 11.8 Å². The number of urea groups is 1. The Morgan fingerprint density at radius 2 is 1.79 bits per heavy atom. The van der Waals surface area contributed by atoms with Crippen molar-refractivity contribution in [3.05, 3.63) is 17.7 Å². The fourth-order valence-corrected chi connectivity index (χ4v) is 3.06. The molecule has 0 aromatic heterocycles. The maximum Gasteiger partial charge on any atom is 0.321 e. The molecule has 1 aliphatic rings. The van der Waals surface area contributed by atoms with Crippen molar-refractivity contribution in [3.8, 4) is 11.5 Å². The molecule has 24 heavy (non-hydrogen) atoms. The van der Waals surface area contributed by atoms with Gasteiger partial charge in [0.15, 0.2) is 0 Å². The van der Waals surface area contributed by atoms with Gasteiger partial charge in [-0.05, 0) is 19.3 Å². The summed E-state index contributed by atoms with van der Waals surface area (Å²) < 4.78 is 10.6. The highest BCUT2D eigenvalue weighted by atomic mass is 16.5. The highest BCUT2D eigenvalue weighted by molar-refractivity contribution is 5.90. The maximum atomic E-state index is 12.5. The lowest BCUT2D eigenvalue weighted by atomic mass is 9.91. The first-order valence-electron chi connectivity index (χ1n) is 7.87. The molecule has 0 saturated carbocycles. The fourth-order valence-electron chi connectivity index (χ4n) is 3.06. The van der Waals surface area contributed by atoms with Gasteiger partial charge in [-0.15, -0.1) is 0 Å². The number of carbonyl (C=O) groups excluding carboxylic acids is 1. The van der Waals surface area contributed by atoms with Gasteiger partial charge in [-0.2, -0.15) is 0 Å². The number of hydrogen-bond donors (Lipinski definition) is 2. The first-order chi connectivity index (χ1) is 11.3. The Morgan fingerprint density at radius 3 is 2.29 bits per heavy atom. The van der Waals surface area contributed by atoms with Crippen LogP contribution in [0.4, 0.5) is 10.5 Å². The van der Waals surface area contributed by atoms with E-state index in [4.69, 9.17) is 9.47 Å². The van der Waals surface area contributed by atoms with Crippen molar-refractivity contribution < 1.29 is 24.2 Å². The molecule has 1 aromatic carbocycles. The Labute approximate surface area is 141 Å². The third kappa shape index (κ3) is 3.90. The van der Waals surface area contributed by atoms with Gasteiger partial charge in [-0.3, -0.25) is 4.79 Å². The fraction of sp³-hybridized carbons (Fsp3) is 0.529. The smallest absolute Gasteiger partial charge is 0.321 e. The Hall–Kier alpha value is -2.44. The molecule has 1 heterocycles. The Bertz CT molecular complexity index is 606. The topological polar surface area (TPSA) is 88.1 Å². The van der Waals surface area contributed by atoms with Gasteiger partial charge in [0.05, 0.1) is 20.1 Å². The molecule has 2 atom stereocenters. The van der Waals surface area contributed by atoms with E-state index in [9.17, 15) is 14.7 Å². The summed E-state index contributed by atoms with van der Waals surface area (Å²) in [6, 6.07) is 3.12. The molecule has 2 N–H and O–H groups in total. The molecule has 1 fully saturated rings. The summed E-state index contributed by atoms with van der Waals surface area (Å²) in [4.78, 5) is 25.3. The number of rotatable bonds is 4. The summed E-state index contributed by atoms with van der Waals surface area (Å²) in [5.74, 6) is -0.0209. The molecule has 0 spiro atoms. The van der Waals surface area contributed by atoms with Crippen LogP contribution in [0.15, 0.2) is 12.1 Å². The minimum absolute atomic E-state index is 0.146. The molecule has 2 unspecified atom stereocenters. The van der Waals surface area contributed by atoms with Crippen molar-refractivity contribution in [1.29, 1.82) is 0 Å². The molecule has 1 saturated heterocycles. The SMILES string of the molecule is COc1cc(NC(=O)N2CC(C)CC(C(=O)O)C2)cc(OC)c1C. The van der Waals surface area contributed by atoms with E-state index in [1.807, 2.05) is 13.8 Å². The van der Waals surface area contributed by atoms with Crippen molar-refractivity contribution >= 4 is 17.7 Å². The molecule has 0 radical (unpaired) electrons. The minimum atomic E-state index is -0.863. The standard InChI is InChI=1S/C17H24N2O5/c1-10-5-12(16(20)21)9-19(8-10)17(22)18-13-6-14(23-3)11(2)15(7-13)24-4/h6-7,10,12H,5,8-9H2,1-4H3,(H,18,22)(H,20,21). The number of carboxylic acid groups (broad SMARTS) is 1. The number of likely N-dealkylation sites (tertiary alicyclic amines) is 1. The molecule has 1 aliphatic heterocycles. The van der Waals surface area contributed by atoms with Crippen LogP contribution in [0.3, 0.4) is 0 Å². The second kappa shape index (κ2) is 7.42. The summed E-state index contributed by atoms with van der Waals surface area (Å²) in [6.45, 7) is 4.57. The molecule has 2 rings (SSSR count). The number of benzene rings is 1. The van der Waals surface area contributed by atoms with Gasteiger partial charge in [0.1, 0.15) is 11.5 Å². The lowest BCUT2D eigenvalue weighted by Gasteiger charge is -2.34. The van der Waals surface area contributed by atoms with Gasteiger partial charge in [-0.1, -0.05) is 6.92 Å². The molecular formula is C17H24N2O5. The number of carboxylic acids is 1. The van der Waals surface area contributed by atoms with E-state index in [1.165, 1.54) is 0 Å². The van der Waals surface area contributed by atoms with E-state index in [0.29, 0.717) is 30.2 Å². The van der Waals surface area contributed by atoms with Gasteiger partial charge in [0.25, 0.3) is 0 Å². The number of nitrogens with zero attached hydrogens (tertiary/aromatic N) is 1. The normalized spacial score (nSPS) is 20.4. The molecule has 7 nitrogen and oxygen atoms in total. The summed E-state index contributed by atoms with van der Waals surface area (Å²) in [5, 5.41) is 12.0. The molecule has 7 heteroatoms. The maximum absolute atomic E-state index is 12.5. The van der Waals surface area contributed by atoms with Crippen molar-refractivity contribution in [2.45, 2.75) is 20.3 Å². The summed E-state index contributed by atoms with van der Waals surface area (Å²) in [5.41, 5.74) is 1.39. The molecular weight excluding hydrogens is 312 g/mol. The monoisotopic (exact) mass is 336 g/mol. The number of piperidine rings is 1. The quantitative estimate of drug-likeness (QED) is 0.882. The van der Waals surface area contributed by atoms with Crippen molar-refractivity contribution in [2.75, 3.05) is 32.6 Å². The predicted molar refractivity (Wildman–Crippen MR) is 89.8 cm³/mol. The number of anilines is 1. The number of aliphatic carboxylic acids is 1. The van der Waals surface area contributed by atoms with E-state index < -0.39 is 11.9 Å². The number of amides is 2. The van der Waals surface area contributed by atoms with Gasteiger partial charge in [-0.25, -0.2) is 4.79 Å². The lowest BCUT2D eigenvalue weighted by Crippen LogP contribution is -2.47. The number of carbonyl (C=O) groups is 2.